The predicted octanol–water partition coefficient (Wildman–Crippen LogP) is 2.53. The van der Waals surface area contributed by atoms with Gasteiger partial charge in [0.1, 0.15) is 0 Å². The molecule has 2 fully saturated rings. The summed E-state index contributed by atoms with van der Waals surface area (Å²) in [5, 5.41) is 0. The number of carbonyl (C=O) groups excluding carboxylic acids is 1. The first-order valence-electron chi connectivity index (χ1n) is 8.30. The number of likely N-dealkylation sites (N-methyl/N-ethyl adjacent to an activating group) is 1. The van der Waals surface area contributed by atoms with Crippen molar-refractivity contribution in [2.75, 3.05) is 27.2 Å². The number of ether oxygens (including phenoxy) is 1. The minimum atomic E-state index is 0.187. The fourth-order valence-electron chi connectivity index (χ4n) is 3.94. The minimum Gasteiger partial charge on any atom is -0.380 e. The summed E-state index contributed by atoms with van der Waals surface area (Å²) in [5.74, 6) is 0.187. The Hall–Kier alpha value is -1.39. The molecule has 2 aliphatic rings. The van der Waals surface area contributed by atoms with Crippen molar-refractivity contribution in [1.29, 1.82) is 0 Å². The fraction of sp³-hybridized carbons (Fsp3) is 0.611. The van der Waals surface area contributed by atoms with Crippen molar-refractivity contribution >= 4 is 5.91 Å². The lowest BCUT2D eigenvalue weighted by Gasteiger charge is -2.33. The zero-order chi connectivity index (χ0) is 15.5. The van der Waals surface area contributed by atoms with Crippen LogP contribution in [0.5, 0.6) is 0 Å². The molecule has 0 spiro atoms. The monoisotopic (exact) mass is 302 g/mol. The highest BCUT2D eigenvalue weighted by molar-refractivity contribution is 5.94. The van der Waals surface area contributed by atoms with Gasteiger partial charge in [0.05, 0.1) is 6.61 Å². The van der Waals surface area contributed by atoms with Gasteiger partial charge in [-0.15, -0.1) is 0 Å². The number of hydrogen-bond donors (Lipinski definition) is 0. The van der Waals surface area contributed by atoms with E-state index >= 15 is 0 Å². The molecule has 2 saturated heterocycles. The normalized spacial score (nSPS) is 25.8. The maximum Gasteiger partial charge on any atom is 0.254 e. The Morgan fingerprint density at radius 2 is 1.82 bits per heavy atom. The third kappa shape index (κ3) is 3.03. The van der Waals surface area contributed by atoms with E-state index < -0.39 is 0 Å². The van der Waals surface area contributed by atoms with Gasteiger partial charge in [0.2, 0.25) is 0 Å². The molecule has 0 aliphatic carbocycles. The van der Waals surface area contributed by atoms with E-state index in [0.29, 0.717) is 18.7 Å². The van der Waals surface area contributed by atoms with E-state index in [4.69, 9.17) is 4.74 Å². The third-order valence-corrected chi connectivity index (χ3v) is 5.09. The van der Waals surface area contributed by atoms with Gasteiger partial charge >= 0.3 is 0 Å². The van der Waals surface area contributed by atoms with Gasteiger partial charge in [0.15, 0.2) is 0 Å². The molecule has 0 radical (unpaired) electrons. The number of methoxy groups -OCH3 is 1. The van der Waals surface area contributed by atoms with E-state index in [9.17, 15) is 4.79 Å². The number of likely N-dealkylation sites (tertiary alicyclic amines) is 2. The summed E-state index contributed by atoms with van der Waals surface area (Å²) in [6, 6.07) is 8.78. The number of benzene rings is 1. The number of carbonyl (C=O) groups is 1. The van der Waals surface area contributed by atoms with Gasteiger partial charge in [-0.2, -0.15) is 0 Å². The first-order chi connectivity index (χ1) is 10.7. The second-order valence-corrected chi connectivity index (χ2v) is 6.53. The molecule has 1 aromatic rings. The zero-order valence-electron chi connectivity index (χ0n) is 13.6. The molecular weight excluding hydrogens is 276 g/mol. The predicted molar refractivity (Wildman–Crippen MR) is 86.9 cm³/mol. The maximum absolute atomic E-state index is 12.9. The van der Waals surface area contributed by atoms with Crippen molar-refractivity contribution in [3.63, 3.8) is 0 Å². The Balaban J connectivity index is 1.72. The van der Waals surface area contributed by atoms with Gasteiger partial charge in [0.25, 0.3) is 5.91 Å². The molecule has 1 amide bonds. The van der Waals surface area contributed by atoms with Crippen LogP contribution in [0.3, 0.4) is 0 Å². The van der Waals surface area contributed by atoms with Gasteiger partial charge in [0, 0.05) is 31.3 Å². The lowest BCUT2D eigenvalue weighted by atomic mass is 10.0. The Morgan fingerprint density at radius 3 is 2.45 bits per heavy atom. The Labute approximate surface area is 133 Å². The molecule has 4 heteroatoms. The number of hydrogen-bond acceptors (Lipinski definition) is 3. The standard InChI is InChI=1S/C18H26N2O2/c1-19-11-3-5-16(19)17-6-4-12-20(17)18(21)15-9-7-14(8-10-15)13-22-2/h7-10,16-17H,3-6,11-13H2,1-2H3/t16-,17+/m1/s1. The number of amides is 1. The van der Waals surface area contributed by atoms with Crippen LogP contribution in [0.1, 0.15) is 41.6 Å². The Morgan fingerprint density at radius 1 is 1.14 bits per heavy atom. The summed E-state index contributed by atoms with van der Waals surface area (Å²) in [5.41, 5.74) is 1.90. The quantitative estimate of drug-likeness (QED) is 0.857. The van der Waals surface area contributed by atoms with E-state index in [1.165, 1.54) is 12.8 Å². The highest BCUT2D eigenvalue weighted by atomic mass is 16.5. The highest BCUT2D eigenvalue weighted by Gasteiger charge is 2.38. The summed E-state index contributed by atoms with van der Waals surface area (Å²) in [4.78, 5) is 17.4. The van der Waals surface area contributed by atoms with E-state index in [2.05, 4.69) is 16.8 Å². The van der Waals surface area contributed by atoms with E-state index in [1.54, 1.807) is 7.11 Å². The first-order valence-corrected chi connectivity index (χ1v) is 8.30. The lowest BCUT2D eigenvalue weighted by Crippen LogP contribution is -2.47. The molecule has 0 aromatic heterocycles. The SMILES string of the molecule is COCc1ccc(C(=O)N2CCC[C@H]2[C@H]2CCCN2C)cc1. The third-order valence-electron chi connectivity index (χ3n) is 5.09. The van der Waals surface area contributed by atoms with Crippen LogP contribution in [0.15, 0.2) is 24.3 Å². The van der Waals surface area contributed by atoms with Crippen LogP contribution in [0.4, 0.5) is 0 Å². The smallest absolute Gasteiger partial charge is 0.254 e. The molecule has 0 saturated carbocycles. The molecule has 1 aromatic carbocycles. The van der Waals surface area contributed by atoms with Crippen molar-refractivity contribution in [3.8, 4) is 0 Å². The molecular formula is C18H26N2O2. The van der Waals surface area contributed by atoms with Gasteiger partial charge in [-0.1, -0.05) is 12.1 Å². The molecule has 4 nitrogen and oxygen atoms in total. The minimum absolute atomic E-state index is 0.187. The molecule has 2 atom stereocenters. The summed E-state index contributed by atoms with van der Waals surface area (Å²) in [6.07, 6.45) is 4.74. The molecule has 0 unspecified atom stereocenters. The second-order valence-electron chi connectivity index (χ2n) is 6.53. The molecule has 120 valence electrons. The summed E-state index contributed by atoms with van der Waals surface area (Å²) in [6.45, 7) is 2.65. The van der Waals surface area contributed by atoms with Crippen LogP contribution in [0, 0.1) is 0 Å². The summed E-state index contributed by atoms with van der Waals surface area (Å²) in [7, 11) is 3.88. The van der Waals surface area contributed by atoms with Crippen LogP contribution in [-0.2, 0) is 11.3 Å². The molecule has 2 aliphatic heterocycles. The van der Waals surface area contributed by atoms with Gasteiger partial charge in [-0.05, 0) is 57.0 Å². The molecule has 22 heavy (non-hydrogen) atoms. The van der Waals surface area contributed by atoms with Crippen LogP contribution in [0.25, 0.3) is 0 Å². The second kappa shape index (κ2) is 6.80. The van der Waals surface area contributed by atoms with Crippen molar-refractivity contribution < 1.29 is 9.53 Å². The van der Waals surface area contributed by atoms with Crippen LogP contribution in [0.2, 0.25) is 0 Å². The largest absolute Gasteiger partial charge is 0.380 e. The van der Waals surface area contributed by atoms with Crippen molar-refractivity contribution in [2.45, 2.75) is 44.4 Å². The van der Waals surface area contributed by atoms with Gasteiger partial charge in [-0.3, -0.25) is 4.79 Å². The van der Waals surface area contributed by atoms with Crippen LogP contribution in [-0.4, -0.2) is 55.0 Å². The molecule has 2 heterocycles. The van der Waals surface area contributed by atoms with Crippen LogP contribution >= 0.6 is 0 Å². The van der Waals surface area contributed by atoms with E-state index in [1.807, 2.05) is 24.3 Å². The maximum atomic E-state index is 12.9. The summed E-state index contributed by atoms with van der Waals surface area (Å²) < 4.78 is 5.12. The average Bonchev–Trinajstić information content (AvgIpc) is 3.16. The molecule has 3 rings (SSSR count). The topological polar surface area (TPSA) is 32.8 Å². The molecule has 0 N–H and O–H groups in total. The average molecular weight is 302 g/mol. The van der Waals surface area contributed by atoms with E-state index in [-0.39, 0.29) is 5.91 Å². The van der Waals surface area contributed by atoms with Crippen LogP contribution < -0.4 is 0 Å². The van der Waals surface area contributed by atoms with Gasteiger partial charge < -0.3 is 14.5 Å². The molecule has 0 bridgehead atoms. The number of rotatable bonds is 4. The van der Waals surface area contributed by atoms with Crippen molar-refractivity contribution in [3.05, 3.63) is 35.4 Å². The highest BCUT2D eigenvalue weighted by Crippen LogP contribution is 2.30. The van der Waals surface area contributed by atoms with Crippen molar-refractivity contribution in [2.24, 2.45) is 0 Å². The zero-order valence-corrected chi connectivity index (χ0v) is 13.6. The van der Waals surface area contributed by atoms with E-state index in [0.717, 1.165) is 37.1 Å². The summed E-state index contributed by atoms with van der Waals surface area (Å²) >= 11 is 0. The number of nitrogens with zero attached hydrogens (tertiary/aromatic N) is 2. The Bertz CT molecular complexity index is 514. The fourth-order valence-corrected chi connectivity index (χ4v) is 3.94. The lowest BCUT2D eigenvalue weighted by molar-refractivity contribution is 0.0664. The Kier molecular flexibility index (Phi) is 4.79. The van der Waals surface area contributed by atoms with Gasteiger partial charge in [-0.25, -0.2) is 0 Å². The van der Waals surface area contributed by atoms with Crippen molar-refractivity contribution in [1.82, 2.24) is 9.80 Å². The first kappa shape index (κ1) is 15.5.